The summed E-state index contributed by atoms with van der Waals surface area (Å²) in [6.07, 6.45) is 1.49. The number of fused-ring (bicyclic) bond motifs is 1. The van der Waals surface area contributed by atoms with E-state index in [1.807, 2.05) is 31.2 Å². The third-order valence-electron chi connectivity index (χ3n) is 3.47. The first-order chi connectivity index (χ1) is 11.2. The Morgan fingerprint density at radius 3 is 2.83 bits per heavy atom. The normalized spacial score (nSPS) is 11.2. The van der Waals surface area contributed by atoms with Crippen LogP contribution in [0, 0.1) is 6.92 Å². The summed E-state index contributed by atoms with van der Waals surface area (Å²) in [7, 11) is 0. The zero-order valence-electron chi connectivity index (χ0n) is 12.3. The monoisotopic (exact) mass is 308 g/mol. The Balaban J connectivity index is 1.72. The van der Waals surface area contributed by atoms with Gasteiger partial charge in [0.05, 0.1) is 11.8 Å². The number of hydrogen-bond acceptors (Lipinski definition) is 6. The second-order valence-corrected chi connectivity index (χ2v) is 5.05. The average molecular weight is 308 g/mol. The molecule has 4 rings (SSSR count). The highest BCUT2D eigenvalue weighted by molar-refractivity contribution is 5.80. The molecule has 7 heteroatoms. The largest absolute Gasteiger partial charge is 0.459 e. The smallest absolute Gasteiger partial charge is 0.437 e. The molecule has 0 unspecified atom stereocenters. The van der Waals surface area contributed by atoms with Crippen LogP contribution in [-0.4, -0.2) is 19.7 Å². The van der Waals surface area contributed by atoms with E-state index in [1.165, 1.54) is 10.9 Å². The molecule has 0 bridgehead atoms. The lowest BCUT2D eigenvalue weighted by Crippen LogP contribution is -2.18. The van der Waals surface area contributed by atoms with Gasteiger partial charge in [-0.3, -0.25) is 0 Å². The van der Waals surface area contributed by atoms with Gasteiger partial charge in [-0.15, -0.1) is 5.10 Å². The van der Waals surface area contributed by atoms with Crippen molar-refractivity contribution in [3.63, 3.8) is 0 Å². The molecule has 0 fully saturated rings. The van der Waals surface area contributed by atoms with Gasteiger partial charge < -0.3 is 8.83 Å². The zero-order chi connectivity index (χ0) is 15.8. The summed E-state index contributed by atoms with van der Waals surface area (Å²) in [5.74, 6) is 0.461. The van der Waals surface area contributed by atoms with E-state index in [4.69, 9.17) is 8.83 Å². The molecule has 0 aliphatic carbocycles. The topological polar surface area (TPSA) is 87.0 Å². The van der Waals surface area contributed by atoms with Crippen molar-refractivity contribution in [3.8, 4) is 11.7 Å². The fourth-order valence-corrected chi connectivity index (χ4v) is 2.41. The number of benzene rings is 1. The molecule has 23 heavy (non-hydrogen) atoms. The Hall–Kier alpha value is -3.22. The van der Waals surface area contributed by atoms with Crippen LogP contribution in [0.1, 0.15) is 11.5 Å². The van der Waals surface area contributed by atoms with Crippen LogP contribution in [0.5, 0.6) is 0 Å². The maximum atomic E-state index is 11.9. The third kappa shape index (κ3) is 2.42. The van der Waals surface area contributed by atoms with Gasteiger partial charge in [0.15, 0.2) is 11.6 Å². The SMILES string of the molecule is Cc1nc(Cn2nc(-c3ccco3)oc2=O)nc2ccccc12. The minimum absolute atomic E-state index is 0.134. The maximum absolute atomic E-state index is 11.9. The summed E-state index contributed by atoms with van der Waals surface area (Å²) in [6.45, 7) is 2.04. The van der Waals surface area contributed by atoms with Crippen LogP contribution < -0.4 is 5.76 Å². The predicted octanol–water partition coefficient (Wildman–Crippen LogP) is 2.40. The van der Waals surface area contributed by atoms with Crippen LogP contribution in [-0.2, 0) is 6.54 Å². The highest BCUT2D eigenvalue weighted by Crippen LogP contribution is 2.17. The molecule has 0 N–H and O–H groups in total. The standard InChI is InChI=1S/C16H12N4O3/c1-10-11-5-2-3-6-12(11)18-14(17-10)9-20-16(21)23-15(19-20)13-7-4-8-22-13/h2-8H,9H2,1H3. The second kappa shape index (κ2) is 5.20. The molecule has 0 aliphatic rings. The molecule has 0 spiro atoms. The Morgan fingerprint density at radius 1 is 1.13 bits per heavy atom. The fourth-order valence-electron chi connectivity index (χ4n) is 2.41. The highest BCUT2D eigenvalue weighted by Gasteiger charge is 2.14. The van der Waals surface area contributed by atoms with Gasteiger partial charge in [0.1, 0.15) is 6.54 Å². The first kappa shape index (κ1) is 13.4. The molecule has 0 amide bonds. The molecule has 3 heterocycles. The molecule has 0 radical (unpaired) electrons. The molecular weight excluding hydrogens is 296 g/mol. The molecule has 0 atom stereocenters. The van der Waals surface area contributed by atoms with Gasteiger partial charge in [-0.05, 0) is 25.1 Å². The van der Waals surface area contributed by atoms with E-state index in [0.29, 0.717) is 11.6 Å². The van der Waals surface area contributed by atoms with Crippen molar-refractivity contribution in [2.24, 2.45) is 0 Å². The van der Waals surface area contributed by atoms with Crippen LogP contribution in [0.3, 0.4) is 0 Å². The maximum Gasteiger partial charge on any atom is 0.437 e. The molecule has 0 aliphatic heterocycles. The van der Waals surface area contributed by atoms with Gasteiger partial charge in [0, 0.05) is 11.1 Å². The van der Waals surface area contributed by atoms with Gasteiger partial charge in [0.25, 0.3) is 5.89 Å². The Labute approximate surface area is 130 Å². The molecule has 7 nitrogen and oxygen atoms in total. The van der Waals surface area contributed by atoms with Crippen LogP contribution in [0.2, 0.25) is 0 Å². The van der Waals surface area contributed by atoms with E-state index >= 15 is 0 Å². The lowest BCUT2D eigenvalue weighted by atomic mass is 10.2. The highest BCUT2D eigenvalue weighted by atomic mass is 16.4. The Bertz CT molecular complexity index is 1030. The number of aromatic nitrogens is 4. The Morgan fingerprint density at radius 2 is 2.00 bits per heavy atom. The van der Waals surface area contributed by atoms with E-state index in [2.05, 4.69) is 15.1 Å². The molecular formula is C16H12N4O3. The predicted molar refractivity (Wildman–Crippen MR) is 81.8 cm³/mol. The number of rotatable bonds is 3. The van der Waals surface area contributed by atoms with Gasteiger partial charge in [0.2, 0.25) is 0 Å². The molecule has 4 aromatic rings. The van der Waals surface area contributed by atoms with Gasteiger partial charge >= 0.3 is 5.76 Å². The van der Waals surface area contributed by atoms with E-state index in [9.17, 15) is 4.79 Å². The second-order valence-electron chi connectivity index (χ2n) is 5.05. The number of nitrogens with zero attached hydrogens (tertiary/aromatic N) is 4. The van der Waals surface area contributed by atoms with E-state index in [0.717, 1.165) is 16.6 Å². The van der Waals surface area contributed by atoms with Crippen LogP contribution in [0.15, 0.2) is 56.3 Å². The minimum atomic E-state index is -0.578. The molecule has 0 saturated heterocycles. The van der Waals surface area contributed by atoms with Crippen LogP contribution in [0.4, 0.5) is 0 Å². The van der Waals surface area contributed by atoms with E-state index in [-0.39, 0.29) is 12.4 Å². The lowest BCUT2D eigenvalue weighted by molar-refractivity contribution is 0.474. The fraction of sp³-hybridized carbons (Fsp3) is 0.125. The lowest BCUT2D eigenvalue weighted by Gasteiger charge is -2.04. The quantitative estimate of drug-likeness (QED) is 0.577. The van der Waals surface area contributed by atoms with Crippen molar-refractivity contribution in [1.82, 2.24) is 19.7 Å². The molecule has 114 valence electrons. The Kier molecular flexibility index (Phi) is 3.04. The summed E-state index contributed by atoms with van der Waals surface area (Å²) in [4.78, 5) is 20.8. The van der Waals surface area contributed by atoms with Gasteiger partial charge in [-0.1, -0.05) is 18.2 Å². The summed E-state index contributed by atoms with van der Waals surface area (Å²) in [6, 6.07) is 11.1. The molecule has 1 aromatic carbocycles. The van der Waals surface area contributed by atoms with Gasteiger partial charge in [-0.2, -0.15) is 4.68 Å². The number of hydrogen-bond donors (Lipinski definition) is 0. The third-order valence-corrected chi connectivity index (χ3v) is 3.47. The van der Waals surface area contributed by atoms with Crippen LogP contribution >= 0.6 is 0 Å². The first-order valence-electron chi connectivity index (χ1n) is 7.05. The van der Waals surface area contributed by atoms with Crippen molar-refractivity contribution < 1.29 is 8.83 Å². The summed E-state index contributed by atoms with van der Waals surface area (Å²) >= 11 is 0. The number of aryl methyl sites for hydroxylation is 1. The average Bonchev–Trinajstić information content (AvgIpc) is 3.18. The van der Waals surface area contributed by atoms with Gasteiger partial charge in [-0.25, -0.2) is 14.8 Å². The molecule has 0 saturated carbocycles. The van der Waals surface area contributed by atoms with Crippen molar-refractivity contribution in [2.75, 3.05) is 0 Å². The van der Waals surface area contributed by atoms with Crippen molar-refractivity contribution in [3.05, 3.63) is 64.7 Å². The summed E-state index contributed by atoms with van der Waals surface area (Å²) in [5.41, 5.74) is 1.69. The first-order valence-corrected chi connectivity index (χ1v) is 7.05. The minimum Gasteiger partial charge on any atom is -0.459 e. The van der Waals surface area contributed by atoms with Crippen molar-refractivity contribution in [2.45, 2.75) is 13.5 Å². The zero-order valence-corrected chi connectivity index (χ0v) is 12.3. The number of para-hydroxylation sites is 1. The van der Waals surface area contributed by atoms with E-state index in [1.54, 1.807) is 12.1 Å². The summed E-state index contributed by atoms with van der Waals surface area (Å²) in [5, 5.41) is 5.11. The van der Waals surface area contributed by atoms with Crippen molar-refractivity contribution in [1.29, 1.82) is 0 Å². The van der Waals surface area contributed by atoms with E-state index < -0.39 is 5.76 Å². The number of furan rings is 1. The van der Waals surface area contributed by atoms with Crippen LogP contribution in [0.25, 0.3) is 22.6 Å². The summed E-state index contributed by atoms with van der Waals surface area (Å²) < 4.78 is 11.5. The molecule has 3 aromatic heterocycles. The van der Waals surface area contributed by atoms with Crippen molar-refractivity contribution >= 4 is 10.9 Å².